The zero-order valence-corrected chi connectivity index (χ0v) is 9.03. The highest BCUT2D eigenvalue weighted by atomic mass is 16.1. The Kier molecular flexibility index (Phi) is 2.48. The first-order valence-electron chi connectivity index (χ1n) is 5.01. The maximum atomic E-state index is 11.7. The van der Waals surface area contributed by atoms with Gasteiger partial charge in [0.25, 0.3) is 5.91 Å². The molecule has 0 atom stereocenters. The van der Waals surface area contributed by atoms with E-state index in [-0.39, 0.29) is 11.9 Å². The summed E-state index contributed by atoms with van der Waals surface area (Å²) in [6, 6.07) is 7.92. The van der Waals surface area contributed by atoms with Crippen LogP contribution >= 0.6 is 0 Å². The van der Waals surface area contributed by atoms with Gasteiger partial charge in [0.1, 0.15) is 0 Å². The van der Waals surface area contributed by atoms with Gasteiger partial charge in [-0.1, -0.05) is 24.3 Å². The fraction of sp³-hybridized carbons (Fsp3) is 0.167. The van der Waals surface area contributed by atoms with Crippen LogP contribution in [-0.2, 0) is 11.2 Å². The van der Waals surface area contributed by atoms with Crippen LogP contribution in [0.1, 0.15) is 18.1 Å². The number of hydrogen-bond acceptors (Lipinski definition) is 1. The predicted octanol–water partition coefficient (Wildman–Crippen LogP) is 0.816. The van der Waals surface area contributed by atoms with Gasteiger partial charge >= 0.3 is 0 Å². The number of allylic oxidation sites excluding steroid dienone is 1. The van der Waals surface area contributed by atoms with E-state index in [4.69, 9.17) is 11.5 Å². The summed E-state index contributed by atoms with van der Waals surface area (Å²) in [7, 11) is 0. The lowest BCUT2D eigenvalue weighted by Crippen LogP contribution is -2.24. The van der Waals surface area contributed by atoms with Crippen LogP contribution in [0.4, 0.5) is 0 Å². The van der Waals surface area contributed by atoms with Crippen molar-refractivity contribution in [3.8, 4) is 0 Å². The number of fused-ring (bicyclic) bond motifs is 1. The monoisotopic (exact) mass is 215 g/mol. The maximum Gasteiger partial charge on any atom is 0.276 e. The summed E-state index contributed by atoms with van der Waals surface area (Å²) in [5.74, 6) is -0.532. The van der Waals surface area contributed by atoms with E-state index in [1.54, 1.807) is 0 Å². The average Bonchev–Trinajstić information content (AvgIpc) is 2.56. The molecular weight excluding hydrogens is 202 g/mol. The maximum absolute atomic E-state index is 11.7. The number of hydrogen-bond donors (Lipinski definition) is 2. The van der Waals surface area contributed by atoms with Gasteiger partial charge in [-0.15, -0.1) is 0 Å². The van der Waals surface area contributed by atoms with Crippen molar-refractivity contribution in [2.75, 3.05) is 0 Å². The molecule has 2 rings (SSSR count). The second-order valence-corrected chi connectivity index (χ2v) is 3.78. The first kappa shape index (κ1) is 10.4. The minimum Gasteiger partial charge on any atom is -0.370 e. The van der Waals surface area contributed by atoms with Gasteiger partial charge in [0.2, 0.25) is 0 Å². The molecule has 0 heterocycles. The van der Waals surface area contributed by atoms with Gasteiger partial charge in [0.05, 0.1) is 0 Å². The number of benzene rings is 1. The first-order valence-corrected chi connectivity index (χ1v) is 5.01. The van der Waals surface area contributed by atoms with Gasteiger partial charge in [0, 0.05) is 12.0 Å². The number of guanidine groups is 1. The van der Waals surface area contributed by atoms with Gasteiger partial charge in [-0.2, -0.15) is 4.99 Å². The molecule has 4 heteroatoms. The summed E-state index contributed by atoms with van der Waals surface area (Å²) in [5, 5.41) is 0. The van der Waals surface area contributed by atoms with E-state index in [1.165, 1.54) is 0 Å². The summed E-state index contributed by atoms with van der Waals surface area (Å²) in [6.45, 7) is 1.92. The highest BCUT2D eigenvalue weighted by molar-refractivity contribution is 6.08. The molecule has 0 aromatic heterocycles. The van der Waals surface area contributed by atoms with Gasteiger partial charge in [-0.05, 0) is 23.6 Å². The predicted molar refractivity (Wildman–Crippen MR) is 63.6 cm³/mol. The number of rotatable bonds is 1. The molecule has 16 heavy (non-hydrogen) atoms. The second-order valence-electron chi connectivity index (χ2n) is 3.78. The van der Waals surface area contributed by atoms with E-state index in [2.05, 4.69) is 4.99 Å². The molecule has 1 amide bonds. The third-order valence-electron chi connectivity index (χ3n) is 2.73. The Labute approximate surface area is 93.7 Å². The summed E-state index contributed by atoms with van der Waals surface area (Å²) in [4.78, 5) is 15.3. The normalized spacial score (nSPS) is 13.6. The Morgan fingerprint density at radius 1 is 1.31 bits per heavy atom. The molecule has 4 nitrogen and oxygen atoms in total. The van der Waals surface area contributed by atoms with Crippen molar-refractivity contribution in [1.82, 2.24) is 0 Å². The molecule has 1 aliphatic rings. The first-order chi connectivity index (χ1) is 7.59. The van der Waals surface area contributed by atoms with E-state index >= 15 is 0 Å². The van der Waals surface area contributed by atoms with E-state index in [1.807, 2.05) is 31.2 Å². The lowest BCUT2D eigenvalue weighted by molar-refractivity contribution is -0.114. The smallest absolute Gasteiger partial charge is 0.276 e. The molecule has 1 aromatic rings. The van der Waals surface area contributed by atoms with E-state index in [9.17, 15) is 4.79 Å². The summed E-state index contributed by atoms with van der Waals surface area (Å²) >= 11 is 0. The van der Waals surface area contributed by atoms with Crippen molar-refractivity contribution in [2.24, 2.45) is 16.5 Å². The van der Waals surface area contributed by atoms with Crippen molar-refractivity contribution < 1.29 is 4.79 Å². The Hall–Kier alpha value is -2.10. The number of nitrogens with zero attached hydrogens (tertiary/aromatic N) is 1. The van der Waals surface area contributed by atoms with Crippen molar-refractivity contribution in [1.29, 1.82) is 0 Å². The van der Waals surface area contributed by atoms with E-state index in [0.717, 1.165) is 16.7 Å². The fourth-order valence-corrected chi connectivity index (χ4v) is 1.95. The largest absolute Gasteiger partial charge is 0.370 e. The van der Waals surface area contributed by atoms with Gasteiger partial charge in [-0.25, -0.2) is 0 Å². The molecule has 0 unspecified atom stereocenters. The zero-order chi connectivity index (χ0) is 11.7. The molecule has 0 fully saturated rings. The Morgan fingerprint density at radius 2 is 2.00 bits per heavy atom. The topological polar surface area (TPSA) is 81.5 Å². The summed E-state index contributed by atoms with van der Waals surface area (Å²) in [6.07, 6.45) is 0.609. The van der Waals surface area contributed by atoms with Gasteiger partial charge < -0.3 is 11.5 Å². The zero-order valence-electron chi connectivity index (χ0n) is 9.03. The fourth-order valence-electron chi connectivity index (χ4n) is 1.95. The van der Waals surface area contributed by atoms with E-state index in [0.29, 0.717) is 12.0 Å². The summed E-state index contributed by atoms with van der Waals surface area (Å²) in [5.41, 5.74) is 14.3. The van der Waals surface area contributed by atoms with Crippen LogP contribution < -0.4 is 11.5 Å². The highest BCUT2D eigenvalue weighted by Crippen LogP contribution is 2.32. The SMILES string of the molecule is CC1=C(C(=O)N=C(N)N)Cc2ccccc21. The molecule has 0 spiro atoms. The number of carbonyl (C=O) groups excluding carboxylic acids is 1. The van der Waals surface area contributed by atoms with Crippen LogP contribution in [0.25, 0.3) is 5.57 Å². The number of carbonyl (C=O) groups is 1. The van der Waals surface area contributed by atoms with Crippen LogP contribution in [-0.4, -0.2) is 11.9 Å². The van der Waals surface area contributed by atoms with Crippen molar-refractivity contribution in [3.63, 3.8) is 0 Å². The van der Waals surface area contributed by atoms with E-state index < -0.39 is 0 Å². The molecule has 4 N–H and O–H groups in total. The van der Waals surface area contributed by atoms with Crippen LogP contribution in [0.2, 0.25) is 0 Å². The van der Waals surface area contributed by atoms with Gasteiger partial charge in [-0.3, -0.25) is 4.79 Å². The molecule has 1 aromatic carbocycles. The third kappa shape index (κ3) is 1.69. The van der Waals surface area contributed by atoms with Crippen LogP contribution in [0.5, 0.6) is 0 Å². The standard InChI is InChI=1S/C12H13N3O/c1-7-9-5-3-2-4-8(9)6-10(7)11(16)15-12(13)14/h2-5H,6H2,1H3,(H4,13,14,15,16). The number of nitrogens with two attached hydrogens (primary N) is 2. The average molecular weight is 215 g/mol. The molecule has 0 saturated heterocycles. The Bertz CT molecular complexity index is 511. The highest BCUT2D eigenvalue weighted by Gasteiger charge is 2.22. The molecule has 0 saturated carbocycles. The van der Waals surface area contributed by atoms with Crippen molar-refractivity contribution in [3.05, 3.63) is 41.0 Å². The Balaban J connectivity index is 2.38. The van der Waals surface area contributed by atoms with Crippen LogP contribution in [0.15, 0.2) is 34.8 Å². The molecule has 0 aliphatic heterocycles. The minimum absolute atomic E-state index is 0.193. The second kappa shape index (κ2) is 3.81. The molecular formula is C12H13N3O. The molecule has 82 valence electrons. The number of amides is 1. The number of aliphatic imine (C=N–C) groups is 1. The lowest BCUT2D eigenvalue weighted by atomic mass is 10.1. The van der Waals surface area contributed by atoms with Crippen LogP contribution in [0.3, 0.4) is 0 Å². The van der Waals surface area contributed by atoms with Crippen LogP contribution in [0, 0.1) is 0 Å². The quantitative estimate of drug-likeness (QED) is 0.537. The van der Waals surface area contributed by atoms with Gasteiger partial charge in [0.15, 0.2) is 5.96 Å². The minimum atomic E-state index is -0.339. The molecule has 0 bridgehead atoms. The molecule has 0 radical (unpaired) electrons. The van der Waals surface area contributed by atoms with Crippen molar-refractivity contribution >= 4 is 17.4 Å². The third-order valence-corrected chi connectivity index (χ3v) is 2.73. The summed E-state index contributed by atoms with van der Waals surface area (Å²) < 4.78 is 0. The lowest BCUT2D eigenvalue weighted by Gasteiger charge is -1.98. The molecule has 1 aliphatic carbocycles. The van der Waals surface area contributed by atoms with Crippen molar-refractivity contribution in [2.45, 2.75) is 13.3 Å². The Morgan fingerprint density at radius 3 is 2.62 bits per heavy atom.